The fourth-order valence-electron chi connectivity index (χ4n) is 3.98. The van der Waals surface area contributed by atoms with Gasteiger partial charge >= 0.3 is 0 Å². The average molecular weight is 474 g/mol. The van der Waals surface area contributed by atoms with Gasteiger partial charge in [-0.1, -0.05) is 66.7 Å². The molecule has 0 saturated carbocycles. The highest BCUT2D eigenvalue weighted by Gasteiger charge is 2.23. The van der Waals surface area contributed by atoms with E-state index in [0.717, 1.165) is 30.6 Å². The third-order valence-corrected chi connectivity index (χ3v) is 5.87. The zero-order valence-electron chi connectivity index (χ0n) is 18.7. The largest absolute Gasteiger partial charge is 0.376 e. The number of ether oxygens (including phenoxy) is 1. The van der Waals surface area contributed by atoms with Crippen LogP contribution in [0.25, 0.3) is 0 Å². The van der Waals surface area contributed by atoms with Gasteiger partial charge in [0.05, 0.1) is 12.0 Å². The van der Waals surface area contributed by atoms with Crippen LogP contribution < -0.4 is 16.0 Å². The summed E-state index contributed by atoms with van der Waals surface area (Å²) < 4.78 is 5.55. The highest BCUT2D eigenvalue weighted by molar-refractivity contribution is 7.80. The van der Waals surface area contributed by atoms with E-state index in [1.807, 2.05) is 60.7 Å². The molecule has 1 unspecified atom stereocenters. The van der Waals surface area contributed by atoms with Crippen LogP contribution in [-0.2, 0) is 9.53 Å². The third-order valence-electron chi connectivity index (χ3n) is 5.66. The molecular weight excluding hydrogens is 446 g/mol. The maximum atomic E-state index is 13.2. The van der Waals surface area contributed by atoms with Crippen LogP contribution in [0, 0.1) is 0 Å². The molecule has 34 heavy (non-hydrogen) atoms. The molecule has 1 aliphatic heterocycles. The average Bonchev–Trinajstić information content (AvgIpc) is 3.38. The molecule has 6 nitrogen and oxygen atoms in total. The first-order valence-corrected chi connectivity index (χ1v) is 11.7. The summed E-state index contributed by atoms with van der Waals surface area (Å²) in [5.74, 6) is -0.917. The van der Waals surface area contributed by atoms with Crippen molar-refractivity contribution in [3.05, 3.63) is 102 Å². The molecule has 0 aromatic heterocycles. The molecular formula is C27H27N3O3S. The maximum Gasteiger partial charge on any atom is 0.251 e. The van der Waals surface area contributed by atoms with Gasteiger partial charge in [-0.3, -0.25) is 9.59 Å². The summed E-state index contributed by atoms with van der Waals surface area (Å²) in [6, 6.07) is 26.2. The Balaban J connectivity index is 1.40. The molecule has 1 aliphatic rings. The lowest BCUT2D eigenvalue weighted by atomic mass is 9.90. The molecule has 4 rings (SSSR count). The molecule has 1 heterocycles. The summed E-state index contributed by atoms with van der Waals surface area (Å²) in [6.07, 6.45) is 2.07. The highest BCUT2D eigenvalue weighted by atomic mass is 32.1. The molecule has 7 heteroatoms. The predicted molar refractivity (Wildman–Crippen MR) is 137 cm³/mol. The highest BCUT2D eigenvalue weighted by Crippen LogP contribution is 2.24. The van der Waals surface area contributed by atoms with Crippen molar-refractivity contribution >= 4 is 34.8 Å². The van der Waals surface area contributed by atoms with Crippen LogP contribution in [0.3, 0.4) is 0 Å². The molecule has 2 amide bonds. The minimum absolute atomic E-state index is 0.0789. The van der Waals surface area contributed by atoms with Crippen LogP contribution in [-0.4, -0.2) is 36.2 Å². The lowest BCUT2D eigenvalue weighted by Crippen LogP contribution is -2.38. The number of hydrogen-bond donors (Lipinski definition) is 3. The second-order valence-corrected chi connectivity index (χ2v) is 8.53. The quantitative estimate of drug-likeness (QED) is 0.448. The van der Waals surface area contributed by atoms with Crippen molar-refractivity contribution in [2.45, 2.75) is 24.9 Å². The normalized spacial score (nSPS) is 15.0. The SMILES string of the molecule is O=C(NCC1CCCO1)c1cccc(NC(=S)NC(=O)C(c2ccccc2)c2ccccc2)c1. The number of rotatable bonds is 7. The monoisotopic (exact) mass is 473 g/mol. The summed E-state index contributed by atoms with van der Waals surface area (Å²) in [4.78, 5) is 25.7. The number of carbonyl (C=O) groups is 2. The van der Waals surface area contributed by atoms with Crippen molar-refractivity contribution in [1.29, 1.82) is 0 Å². The van der Waals surface area contributed by atoms with Gasteiger partial charge < -0.3 is 20.7 Å². The Morgan fingerprint density at radius 3 is 2.24 bits per heavy atom. The maximum absolute atomic E-state index is 13.2. The molecule has 1 fully saturated rings. The Labute approximate surface area is 204 Å². The molecule has 3 N–H and O–H groups in total. The topological polar surface area (TPSA) is 79.5 Å². The van der Waals surface area contributed by atoms with Crippen molar-refractivity contribution in [3.63, 3.8) is 0 Å². The van der Waals surface area contributed by atoms with E-state index in [9.17, 15) is 9.59 Å². The number of carbonyl (C=O) groups excluding carboxylic acids is 2. The molecule has 3 aromatic rings. The van der Waals surface area contributed by atoms with Gasteiger partial charge in [-0.15, -0.1) is 0 Å². The fraction of sp³-hybridized carbons (Fsp3) is 0.222. The van der Waals surface area contributed by atoms with Gasteiger partial charge in [0.15, 0.2) is 5.11 Å². The van der Waals surface area contributed by atoms with Crippen molar-refractivity contribution in [3.8, 4) is 0 Å². The van der Waals surface area contributed by atoms with Crippen molar-refractivity contribution < 1.29 is 14.3 Å². The standard InChI is InChI=1S/C27H27N3O3S/c31-25(28-18-23-15-8-16-33-23)21-13-7-14-22(17-21)29-27(34)30-26(32)24(19-9-3-1-4-10-19)20-11-5-2-6-12-20/h1-7,9-14,17,23-24H,8,15-16,18H2,(H,28,31)(H2,29,30,32,34). The van der Waals surface area contributed by atoms with Gasteiger partial charge in [-0.2, -0.15) is 0 Å². The first-order valence-electron chi connectivity index (χ1n) is 11.3. The Morgan fingerprint density at radius 2 is 1.62 bits per heavy atom. The van der Waals surface area contributed by atoms with Crippen molar-refractivity contribution in [1.82, 2.24) is 10.6 Å². The predicted octanol–water partition coefficient (Wildman–Crippen LogP) is 4.24. The Kier molecular flexibility index (Phi) is 8.01. The summed E-state index contributed by atoms with van der Waals surface area (Å²) in [5, 5.41) is 8.89. The molecule has 174 valence electrons. The summed E-state index contributed by atoms with van der Waals surface area (Å²) >= 11 is 5.40. The lowest BCUT2D eigenvalue weighted by molar-refractivity contribution is -0.120. The first kappa shape index (κ1) is 23.6. The van der Waals surface area contributed by atoms with Crippen molar-refractivity contribution in [2.24, 2.45) is 0 Å². The Hall–Kier alpha value is -3.55. The Morgan fingerprint density at radius 1 is 0.941 bits per heavy atom. The van der Waals surface area contributed by atoms with Gasteiger partial charge in [0.2, 0.25) is 5.91 Å². The van der Waals surface area contributed by atoms with E-state index in [4.69, 9.17) is 17.0 Å². The molecule has 0 radical (unpaired) electrons. The van der Waals surface area contributed by atoms with Gasteiger partial charge in [0.1, 0.15) is 0 Å². The zero-order valence-corrected chi connectivity index (χ0v) is 19.5. The zero-order chi connectivity index (χ0) is 23.8. The fourth-order valence-corrected chi connectivity index (χ4v) is 4.20. The molecule has 1 saturated heterocycles. The molecule has 0 aliphatic carbocycles. The van der Waals surface area contributed by atoms with Gasteiger partial charge in [-0.05, 0) is 54.4 Å². The minimum atomic E-state index is -0.503. The van der Waals surface area contributed by atoms with Crippen LogP contribution in [0.5, 0.6) is 0 Å². The number of hydrogen-bond acceptors (Lipinski definition) is 4. The van der Waals surface area contributed by atoms with E-state index in [0.29, 0.717) is 17.8 Å². The summed E-state index contributed by atoms with van der Waals surface area (Å²) in [6.45, 7) is 1.24. The molecule has 0 spiro atoms. The summed E-state index contributed by atoms with van der Waals surface area (Å²) in [7, 11) is 0. The van der Waals surface area contributed by atoms with E-state index in [2.05, 4.69) is 16.0 Å². The van der Waals surface area contributed by atoms with Crippen LogP contribution in [0.2, 0.25) is 0 Å². The van der Waals surface area contributed by atoms with E-state index < -0.39 is 5.92 Å². The molecule has 1 atom stereocenters. The number of thiocarbonyl (C=S) groups is 1. The lowest BCUT2D eigenvalue weighted by Gasteiger charge is -2.19. The van der Waals surface area contributed by atoms with Crippen LogP contribution in [0.4, 0.5) is 5.69 Å². The number of nitrogens with one attached hydrogen (secondary N) is 3. The van der Waals surface area contributed by atoms with Crippen LogP contribution in [0.15, 0.2) is 84.9 Å². The second kappa shape index (κ2) is 11.5. The Bertz CT molecular complexity index is 1090. The van der Waals surface area contributed by atoms with Crippen LogP contribution in [0.1, 0.15) is 40.2 Å². The molecule has 0 bridgehead atoms. The van der Waals surface area contributed by atoms with Gasteiger partial charge in [-0.25, -0.2) is 0 Å². The number of amides is 2. The van der Waals surface area contributed by atoms with E-state index in [-0.39, 0.29) is 23.0 Å². The van der Waals surface area contributed by atoms with Gasteiger partial charge in [0.25, 0.3) is 5.91 Å². The van der Waals surface area contributed by atoms with E-state index in [1.165, 1.54) is 0 Å². The summed E-state index contributed by atoms with van der Waals surface area (Å²) in [5.41, 5.74) is 2.87. The van der Waals surface area contributed by atoms with Gasteiger partial charge in [0, 0.05) is 24.4 Å². The smallest absolute Gasteiger partial charge is 0.251 e. The van der Waals surface area contributed by atoms with Crippen molar-refractivity contribution in [2.75, 3.05) is 18.5 Å². The van der Waals surface area contributed by atoms with Crippen LogP contribution >= 0.6 is 12.2 Å². The third kappa shape index (κ3) is 6.27. The molecule has 3 aromatic carbocycles. The van der Waals surface area contributed by atoms with E-state index >= 15 is 0 Å². The van der Waals surface area contributed by atoms with E-state index in [1.54, 1.807) is 24.3 Å². The number of anilines is 1. The first-order chi connectivity index (χ1) is 16.6. The minimum Gasteiger partial charge on any atom is -0.376 e. The number of benzene rings is 3. The second-order valence-electron chi connectivity index (χ2n) is 8.12.